The van der Waals surface area contributed by atoms with Crippen LogP contribution in [0.1, 0.15) is 15.9 Å². The first-order valence-electron chi connectivity index (χ1n) is 7.80. The number of hydrogen-bond donors (Lipinski definition) is 0. The number of esters is 1. The van der Waals surface area contributed by atoms with Gasteiger partial charge in [0.15, 0.2) is 0 Å². The van der Waals surface area contributed by atoms with Crippen molar-refractivity contribution in [2.45, 2.75) is 17.3 Å². The standard InChI is InChI=1S/C17H13F3N4O3S/c1-26-15(25)12-4-2-3-11(9-12)10-28-16-21-22-23-24(16)13-5-7-14(8-6-13)27-17(18,19)20/h2-9H,10H2,1H3. The summed E-state index contributed by atoms with van der Waals surface area (Å²) in [6.07, 6.45) is -4.75. The SMILES string of the molecule is COC(=O)c1cccc(CSc2nnnn2-c2ccc(OC(F)(F)F)cc2)c1. The summed E-state index contributed by atoms with van der Waals surface area (Å²) in [7, 11) is 1.31. The van der Waals surface area contributed by atoms with Crippen LogP contribution < -0.4 is 4.74 Å². The maximum absolute atomic E-state index is 12.2. The van der Waals surface area contributed by atoms with Crippen molar-refractivity contribution >= 4 is 17.7 Å². The predicted molar refractivity (Wildman–Crippen MR) is 93.2 cm³/mol. The van der Waals surface area contributed by atoms with E-state index in [-0.39, 0.29) is 5.75 Å². The Morgan fingerprint density at radius 1 is 1.18 bits per heavy atom. The quantitative estimate of drug-likeness (QED) is 0.453. The summed E-state index contributed by atoms with van der Waals surface area (Å²) in [5, 5.41) is 11.8. The molecule has 1 heterocycles. The second kappa shape index (κ2) is 8.30. The summed E-state index contributed by atoms with van der Waals surface area (Å²) in [5.74, 6) is -0.295. The van der Waals surface area contributed by atoms with Crippen LogP contribution in [0.5, 0.6) is 5.75 Å². The van der Waals surface area contributed by atoms with Gasteiger partial charge in [0.1, 0.15) is 5.75 Å². The van der Waals surface area contributed by atoms with E-state index in [9.17, 15) is 18.0 Å². The average Bonchev–Trinajstić information content (AvgIpc) is 3.14. The molecule has 0 saturated heterocycles. The summed E-state index contributed by atoms with van der Waals surface area (Å²) in [6, 6.07) is 12.1. The van der Waals surface area contributed by atoms with Crippen LogP contribution >= 0.6 is 11.8 Å². The van der Waals surface area contributed by atoms with Crippen LogP contribution in [-0.4, -0.2) is 39.6 Å². The number of thioether (sulfide) groups is 1. The molecule has 3 aromatic rings. The second-order valence-corrected chi connectivity index (χ2v) is 6.34. The summed E-state index contributed by atoms with van der Waals surface area (Å²) in [4.78, 5) is 11.6. The predicted octanol–water partition coefficient (Wildman–Crippen LogP) is 3.64. The van der Waals surface area contributed by atoms with Crippen LogP contribution in [0.25, 0.3) is 5.69 Å². The highest BCUT2D eigenvalue weighted by Crippen LogP contribution is 2.26. The number of halogens is 3. The van der Waals surface area contributed by atoms with E-state index < -0.39 is 12.3 Å². The average molecular weight is 410 g/mol. The van der Waals surface area contributed by atoms with E-state index in [1.54, 1.807) is 18.2 Å². The first-order valence-corrected chi connectivity index (χ1v) is 8.79. The molecule has 0 N–H and O–H groups in total. The van der Waals surface area contributed by atoms with Crippen LogP contribution in [0, 0.1) is 0 Å². The number of carbonyl (C=O) groups excluding carboxylic acids is 1. The largest absolute Gasteiger partial charge is 0.573 e. The maximum atomic E-state index is 12.2. The number of carbonyl (C=O) groups is 1. The maximum Gasteiger partial charge on any atom is 0.573 e. The number of tetrazole rings is 1. The van der Waals surface area contributed by atoms with Gasteiger partial charge in [0.2, 0.25) is 5.16 Å². The van der Waals surface area contributed by atoms with Gasteiger partial charge in [0, 0.05) is 5.75 Å². The van der Waals surface area contributed by atoms with Gasteiger partial charge >= 0.3 is 12.3 Å². The van der Waals surface area contributed by atoms with Crippen molar-refractivity contribution in [2.75, 3.05) is 7.11 Å². The molecule has 146 valence electrons. The van der Waals surface area contributed by atoms with Gasteiger partial charge in [-0.1, -0.05) is 23.9 Å². The third-order valence-electron chi connectivity index (χ3n) is 3.47. The van der Waals surface area contributed by atoms with E-state index in [1.165, 1.54) is 47.8 Å². The minimum atomic E-state index is -4.75. The number of benzene rings is 2. The van der Waals surface area contributed by atoms with Crippen molar-refractivity contribution in [1.29, 1.82) is 0 Å². The second-order valence-electron chi connectivity index (χ2n) is 5.40. The molecular weight excluding hydrogens is 397 g/mol. The molecule has 0 aliphatic carbocycles. The van der Waals surface area contributed by atoms with Gasteiger partial charge in [-0.05, 0) is 52.4 Å². The lowest BCUT2D eigenvalue weighted by atomic mass is 10.1. The highest BCUT2D eigenvalue weighted by molar-refractivity contribution is 7.98. The molecule has 0 bridgehead atoms. The number of hydrogen-bond acceptors (Lipinski definition) is 7. The van der Waals surface area contributed by atoms with E-state index in [0.717, 1.165) is 5.56 Å². The number of methoxy groups -OCH3 is 1. The van der Waals surface area contributed by atoms with Gasteiger partial charge in [0.25, 0.3) is 0 Å². The number of alkyl halides is 3. The molecule has 0 spiro atoms. The third-order valence-corrected chi connectivity index (χ3v) is 4.46. The zero-order chi connectivity index (χ0) is 20.1. The summed E-state index contributed by atoms with van der Waals surface area (Å²) < 4.78 is 46.7. The molecule has 2 aromatic carbocycles. The van der Waals surface area contributed by atoms with Gasteiger partial charge in [0.05, 0.1) is 18.4 Å². The van der Waals surface area contributed by atoms with Crippen LogP contribution in [0.3, 0.4) is 0 Å². The lowest BCUT2D eigenvalue weighted by Gasteiger charge is -2.09. The highest BCUT2D eigenvalue weighted by atomic mass is 32.2. The molecule has 0 aliphatic rings. The van der Waals surface area contributed by atoms with Crippen LogP contribution in [0.2, 0.25) is 0 Å². The summed E-state index contributed by atoms with van der Waals surface area (Å²) >= 11 is 1.31. The fourth-order valence-electron chi connectivity index (χ4n) is 2.27. The van der Waals surface area contributed by atoms with Crippen molar-refractivity contribution in [3.63, 3.8) is 0 Å². The first-order chi connectivity index (χ1) is 13.4. The molecule has 0 fully saturated rings. The third kappa shape index (κ3) is 5.00. The molecule has 0 atom stereocenters. The lowest BCUT2D eigenvalue weighted by molar-refractivity contribution is -0.274. The molecule has 0 saturated carbocycles. The Morgan fingerprint density at radius 3 is 2.61 bits per heavy atom. The summed E-state index contributed by atoms with van der Waals surface area (Å²) in [5.41, 5.74) is 1.77. The van der Waals surface area contributed by atoms with Gasteiger partial charge in [-0.15, -0.1) is 18.3 Å². The topological polar surface area (TPSA) is 79.1 Å². The Bertz CT molecular complexity index is 961. The van der Waals surface area contributed by atoms with E-state index >= 15 is 0 Å². The Balaban J connectivity index is 1.71. The zero-order valence-electron chi connectivity index (χ0n) is 14.4. The molecule has 0 aliphatic heterocycles. The molecule has 11 heteroatoms. The Kier molecular flexibility index (Phi) is 5.83. The molecule has 3 rings (SSSR count). The van der Waals surface area contributed by atoms with Gasteiger partial charge in [-0.25, -0.2) is 4.79 Å². The molecule has 0 amide bonds. The molecular formula is C17H13F3N4O3S. The first kappa shape index (κ1) is 19.7. The van der Waals surface area contributed by atoms with Crippen molar-refractivity contribution in [3.05, 3.63) is 59.7 Å². The number of rotatable bonds is 6. The lowest BCUT2D eigenvalue weighted by Crippen LogP contribution is -2.17. The van der Waals surface area contributed by atoms with Crippen molar-refractivity contribution < 1.29 is 27.4 Å². The van der Waals surface area contributed by atoms with Crippen molar-refractivity contribution in [1.82, 2.24) is 20.2 Å². The molecule has 0 unspecified atom stereocenters. The highest BCUT2D eigenvalue weighted by Gasteiger charge is 2.31. The number of aromatic nitrogens is 4. The number of ether oxygens (including phenoxy) is 2. The Morgan fingerprint density at radius 2 is 1.93 bits per heavy atom. The van der Waals surface area contributed by atoms with E-state index in [0.29, 0.717) is 22.2 Å². The molecule has 28 heavy (non-hydrogen) atoms. The molecule has 0 radical (unpaired) electrons. The summed E-state index contributed by atoms with van der Waals surface area (Å²) in [6.45, 7) is 0. The number of nitrogens with zero attached hydrogens (tertiary/aromatic N) is 4. The van der Waals surface area contributed by atoms with Gasteiger partial charge in [-0.2, -0.15) is 4.68 Å². The zero-order valence-corrected chi connectivity index (χ0v) is 15.2. The van der Waals surface area contributed by atoms with Crippen LogP contribution in [-0.2, 0) is 10.5 Å². The van der Waals surface area contributed by atoms with Gasteiger partial charge < -0.3 is 9.47 Å². The van der Waals surface area contributed by atoms with Crippen LogP contribution in [0.4, 0.5) is 13.2 Å². The smallest absolute Gasteiger partial charge is 0.465 e. The van der Waals surface area contributed by atoms with Gasteiger partial charge in [-0.3, -0.25) is 0 Å². The Labute approximate surface area is 161 Å². The minimum Gasteiger partial charge on any atom is -0.465 e. The monoisotopic (exact) mass is 410 g/mol. The van der Waals surface area contributed by atoms with E-state index in [2.05, 4.69) is 20.3 Å². The van der Waals surface area contributed by atoms with E-state index in [1.807, 2.05) is 6.07 Å². The minimum absolute atomic E-state index is 0.335. The van der Waals surface area contributed by atoms with Crippen LogP contribution in [0.15, 0.2) is 53.7 Å². The van der Waals surface area contributed by atoms with Crippen molar-refractivity contribution in [2.24, 2.45) is 0 Å². The molecule has 7 nitrogen and oxygen atoms in total. The normalized spacial score (nSPS) is 11.3. The van der Waals surface area contributed by atoms with Crippen molar-refractivity contribution in [3.8, 4) is 11.4 Å². The Hall–Kier alpha value is -3.08. The fourth-order valence-corrected chi connectivity index (χ4v) is 3.11. The molecule has 1 aromatic heterocycles. The fraction of sp³-hybridized carbons (Fsp3) is 0.176. The van der Waals surface area contributed by atoms with E-state index in [4.69, 9.17) is 4.74 Å².